The molecule has 0 bridgehead atoms. The maximum atomic E-state index is 13.4. The van der Waals surface area contributed by atoms with Crippen molar-refractivity contribution in [3.63, 3.8) is 0 Å². The molecule has 0 saturated heterocycles. The highest BCUT2D eigenvalue weighted by Gasteiger charge is 2.27. The Morgan fingerprint density at radius 2 is 1.86 bits per heavy atom. The van der Waals surface area contributed by atoms with Gasteiger partial charge in [-0.15, -0.1) is 11.3 Å². The Kier molecular flexibility index (Phi) is 8.17. The molecule has 2 aromatic carbocycles. The van der Waals surface area contributed by atoms with Crippen molar-refractivity contribution in [1.82, 2.24) is 5.32 Å². The Balaban J connectivity index is 1.31. The van der Waals surface area contributed by atoms with Crippen molar-refractivity contribution in [3.05, 3.63) is 79.9 Å². The van der Waals surface area contributed by atoms with Crippen LogP contribution in [0.25, 0.3) is 0 Å². The van der Waals surface area contributed by atoms with Gasteiger partial charge in [0.25, 0.3) is 5.91 Å². The van der Waals surface area contributed by atoms with Crippen LogP contribution in [-0.4, -0.2) is 18.2 Å². The number of fused-ring (bicyclic) bond motifs is 1. The third-order valence-electron chi connectivity index (χ3n) is 6.91. The summed E-state index contributed by atoms with van der Waals surface area (Å²) < 4.78 is 19.8. The second kappa shape index (κ2) is 11.7. The van der Waals surface area contributed by atoms with Gasteiger partial charge in [-0.3, -0.25) is 4.79 Å². The van der Waals surface area contributed by atoms with E-state index in [4.69, 9.17) is 9.73 Å². The first-order valence-electron chi connectivity index (χ1n) is 12.7. The molecule has 3 aromatic rings. The third-order valence-corrected chi connectivity index (χ3v) is 8.73. The highest BCUT2D eigenvalue weighted by atomic mass is 79.9. The van der Waals surface area contributed by atoms with E-state index in [1.165, 1.54) is 48.3 Å². The van der Waals surface area contributed by atoms with Crippen molar-refractivity contribution in [2.24, 2.45) is 4.99 Å². The molecule has 0 aliphatic heterocycles. The quantitative estimate of drug-likeness (QED) is 0.294. The van der Waals surface area contributed by atoms with Gasteiger partial charge in [-0.05, 0) is 101 Å². The van der Waals surface area contributed by atoms with Crippen molar-refractivity contribution >= 4 is 44.4 Å². The summed E-state index contributed by atoms with van der Waals surface area (Å²) in [5.41, 5.74) is 3.81. The Hall–Kier alpha value is -2.51. The summed E-state index contributed by atoms with van der Waals surface area (Å²) in [5.74, 6) is 0.486. The molecule has 4 nitrogen and oxygen atoms in total. The highest BCUT2D eigenvalue weighted by molar-refractivity contribution is 9.10. The number of thiophene rings is 1. The zero-order valence-electron chi connectivity index (χ0n) is 20.2. The molecular weight excluding hydrogens is 539 g/mol. The van der Waals surface area contributed by atoms with E-state index < -0.39 is 0 Å². The summed E-state index contributed by atoms with van der Waals surface area (Å²) >= 11 is 5.25. The number of halogens is 2. The van der Waals surface area contributed by atoms with Crippen LogP contribution in [0.4, 0.5) is 9.39 Å². The van der Waals surface area contributed by atoms with Crippen molar-refractivity contribution in [2.45, 2.75) is 70.4 Å². The molecule has 0 atom stereocenters. The maximum absolute atomic E-state index is 13.4. The molecule has 0 spiro atoms. The van der Waals surface area contributed by atoms with Gasteiger partial charge in [-0.1, -0.05) is 31.4 Å². The summed E-state index contributed by atoms with van der Waals surface area (Å²) in [5, 5.41) is 4.11. The summed E-state index contributed by atoms with van der Waals surface area (Å²) in [6, 6.07) is 12.4. The van der Waals surface area contributed by atoms with E-state index >= 15 is 0 Å². The SMILES string of the molecule is O=C(NC1CCCCC1)c1c(/N=C/c2ccc(OCc3ccc(F)cc3)c(Br)c2)sc2c1CCCC2. The van der Waals surface area contributed by atoms with Gasteiger partial charge in [0, 0.05) is 17.1 Å². The molecule has 36 heavy (non-hydrogen) atoms. The van der Waals surface area contributed by atoms with Gasteiger partial charge >= 0.3 is 0 Å². The van der Waals surface area contributed by atoms with Crippen molar-refractivity contribution in [3.8, 4) is 5.75 Å². The number of aryl methyl sites for hydroxylation is 1. The number of hydrogen-bond acceptors (Lipinski definition) is 4. The zero-order valence-corrected chi connectivity index (χ0v) is 22.6. The second-order valence-electron chi connectivity index (χ2n) is 9.56. The average molecular weight is 570 g/mol. The lowest BCUT2D eigenvalue weighted by molar-refractivity contribution is 0.0927. The van der Waals surface area contributed by atoms with Crippen LogP contribution in [0, 0.1) is 5.82 Å². The minimum absolute atomic E-state index is 0.0409. The van der Waals surface area contributed by atoms with E-state index in [1.807, 2.05) is 24.4 Å². The molecule has 2 aliphatic carbocycles. The predicted octanol–water partition coefficient (Wildman–Crippen LogP) is 7.92. The van der Waals surface area contributed by atoms with Gasteiger partial charge in [0.15, 0.2) is 0 Å². The largest absolute Gasteiger partial charge is 0.488 e. The first-order chi connectivity index (χ1) is 17.6. The fourth-order valence-corrected chi connectivity index (χ4v) is 6.71. The van der Waals surface area contributed by atoms with Crippen LogP contribution >= 0.6 is 27.3 Å². The fourth-order valence-electron chi connectivity index (χ4n) is 4.97. The van der Waals surface area contributed by atoms with Gasteiger partial charge in [0.05, 0.1) is 10.0 Å². The molecule has 0 radical (unpaired) electrons. The molecule has 1 amide bonds. The standard InChI is InChI=1S/C29H30BrFN2O2S/c30-24-16-20(12-15-25(24)35-18-19-10-13-21(31)14-11-19)17-32-29-27(23-8-4-5-9-26(23)36-29)28(34)33-22-6-2-1-3-7-22/h10-17,22H,1-9,18H2,(H,33,34)/b32-17+. The number of aliphatic imine (C=N–C) groups is 1. The van der Waals surface area contributed by atoms with Crippen molar-refractivity contribution in [2.75, 3.05) is 0 Å². The minimum Gasteiger partial charge on any atom is -0.488 e. The van der Waals surface area contributed by atoms with Gasteiger partial charge in [-0.2, -0.15) is 0 Å². The molecule has 1 saturated carbocycles. The van der Waals surface area contributed by atoms with Crippen LogP contribution in [0.15, 0.2) is 51.9 Å². The molecule has 7 heteroatoms. The molecule has 1 fully saturated rings. The van der Waals surface area contributed by atoms with Gasteiger partial charge in [-0.25, -0.2) is 9.38 Å². The van der Waals surface area contributed by atoms with E-state index in [9.17, 15) is 9.18 Å². The van der Waals surface area contributed by atoms with Crippen molar-refractivity contribution in [1.29, 1.82) is 0 Å². The molecular formula is C29H30BrFN2O2S. The number of nitrogens with zero attached hydrogens (tertiary/aromatic N) is 1. The van der Waals surface area contributed by atoms with Crippen LogP contribution in [0.1, 0.15) is 76.9 Å². The fraction of sp³-hybridized carbons (Fsp3) is 0.379. The predicted molar refractivity (Wildman–Crippen MR) is 147 cm³/mol. The summed E-state index contributed by atoms with van der Waals surface area (Å²) in [7, 11) is 0. The molecule has 1 heterocycles. The number of rotatable bonds is 7. The number of carbonyl (C=O) groups excluding carboxylic acids is 1. The average Bonchev–Trinajstić information content (AvgIpc) is 3.27. The van der Waals surface area contributed by atoms with E-state index in [2.05, 4.69) is 21.2 Å². The second-order valence-corrected chi connectivity index (χ2v) is 11.5. The number of benzene rings is 2. The normalized spacial score (nSPS) is 16.2. The third kappa shape index (κ3) is 6.06. The molecule has 2 aliphatic rings. The minimum atomic E-state index is -0.259. The molecule has 1 N–H and O–H groups in total. The van der Waals surface area contributed by atoms with Gasteiger partial charge < -0.3 is 10.1 Å². The molecule has 5 rings (SSSR count). The Morgan fingerprint density at radius 1 is 1.08 bits per heavy atom. The number of nitrogens with one attached hydrogen (secondary N) is 1. The number of ether oxygens (including phenoxy) is 1. The zero-order chi connectivity index (χ0) is 24.9. The first-order valence-corrected chi connectivity index (χ1v) is 14.3. The first kappa shape index (κ1) is 25.2. The van der Waals surface area contributed by atoms with Crippen molar-refractivity contribution < 1.29 is 13.9 Å². The summed E-state index contributed by atoms with van der Waals surface area (Å²) in [6.07, 6.45) is 11.9. The molecule has 0 unspecified atom stereocenters. The summed E-state index contributed by atoms with van der Waals surface area (Å²) in [4.78, 5) is 19.5. The summed E-state index contributed by atoms with van der Waals surface area (Å²) in [6.45, 7) is 0.354. The molecule has 188 valence electrons. The van der Waals surface area contributed by atoms with E-state index in [-0.39, 0.29) is 17.8 Å². The van der Waals surface area contributed by atoms with Gasteiger partial charge in [0.2, 0.25) is 0 Å². The van der Waals surface area contributed by atoms with Crippen LogP contribution in [-0.2, 0) is 19.4 Å². The highest BCUT2D eigenvalue weighted by Crippen LogP contribution is 2.40. The van der Waals surface area contributed by atoms with Crippen LogP contribution in [0.2, 0.25) is 0 Å². The van der Waals surface area contributed by atoms with Crippen LogP contribution in [0.5, 0.6) is 5.75 Å². The van der Waals surface area contributed by atoms with Gasteiger partial charge in [0.1, 0.15) is 23.2 Å². The van der Waals surface area contributed by atoms with Crippen LogP contribution < -0.4 is 10.1 Å². The van der Waals surface area contributed by atoms with E-state index in [0.29, 0.717) is 12.4 Å². The lowest BCUT2D eigenvalue weighted by atomic mass is 9.93. The lowest BCUT2D eigenvalue weighted by Crippen LogP contribution is -2.36. The lowest BCUT2D eigenvalue weighted by Gasteiger charge is -2.23. The smallest absolute Gasteiger partial charge is 0.254 e. The number of carbonyl (C=O) groups is 1. The van der Waals surface area contributed by atoms with Crippen LogP contribution in [0.3, 0.4) is 0 Å². The Morgan fingerprint density at radius 3 is 2.64 bits per heavy atom. The number of amides is 1. The van der Waals surface area contributed by atoms with E-state index in [1.54, 1.807) is 23.5 Å². The Bertz CT molecular complexity index is 1250. The Labute approximate surface area is 224 Å². The van der Waals surface area contributed by atoms with E-state index in [0.717, 1.165) is 58.3 Å². The molecule has 1 aromatic heterocycles. The number of hydrogen-bond donors (Lipinski definition) is 1. The maximum Gasteiger partial charge on any atom is 0.254 e. The monoisotopic (exact) mass is 568 g/mol. The topological polar surface area (TPSA) is 50.7 Å².